The van der Waals surface area contributed by atoms with Crippen LogP contribution in [0.2, 0.25) is 0 Å². The third-order valence-electron chi connectivity index (χ3n) is 2.59. The minimum Gasteiger partial charge on any atom is -0.392 e. The molecule has 1 rings (SSSR count). The van der Waals surface area contributed by atoms with E-state index in [9.17, 15) is 13.6 Å². The monoisotopic (exact) mass is 272 g/mol. The zero-order valence-electron chi connectivity index (χ0n) is 11.0. The molecule has 0 aliphatic carbocycles. The van der Waals surface area contributed by atoms with Crippen LogP contribution in [-0.2, 0) is 11.4 Å². The number of rotatable bonds is 6. The Bertz CT molecular complexity index is 429. The molecule has 0 saturated carbocycles. The molecule has 0 atom stereocenters. The highest BCUT2D eigenvalue weighted by Gasteiger charge is 2.17. The van der Waals surface area contributed by atoms with Gasteiger partial charge in [0.05, 0.1) is 13.2 Å². The summed E-state index contributed by atoms with van der Waals surface area (Å²) in [6.45, 7) is 1.87. The van der Waals surface area contributed by atoms with E-state index in [4.69, 9.17) is 5.11 Å². The molecule has 106 valence electrons. The van der Waals surface area contributed by atoms with E-state index >= 15 is 0 Å². The van der Waals surface area contributed by atoms with E-state index in [0.717, 1.165) is 18.6 Å². The lowest BCUT2D eigenvalue weighted by molar-refractivity contribution is -0.119. The van der Waals surface area contributed by atoms with Crippen molar-refractivity contribution in [3.8, 4) is 0 Å². The quantitative estimate of drug-likeness (QED) is 0.823. The Morgan fingerprint density at radius 1 is 1.37 bits per heavy atom. The number of nitrogens with one attached hydrogen (secondary N) is 1. The number of amides is 1. The minimum absolute atomic E-state index is 0.133. The lowest BCUT2D eigenvalue weighted by atomic mass is 10.2. The van der Waals surface area contributed by atoms with Gasteiger partial charge in [-0.25, -0.2) is 8.78 Å². The highest BCUT2D eigenvalue weighted by Crippen LogP contribution is 2.23. The number of benzene rings is 1. The number of hydrogen-bond acceptors (Lipinski definition) is 3. The second kappa shape index (κ2) is 7.04. The van der Waals surface area contributed by atoms with Crippen LogP contribution in [0.25, 0.3) is 0 Å². The summed E-state index contributed by atoms with van der Waals surface area (Å²) in [6.07, 6.45) is 0.795. The van der Waals surface area contributed by atoms with Gasteiger partial charge in [-0.1, -0.05) is 6.92 Å². The fourth-order valence-electron chi connectivity index (χ4n) is 1.69. The second-order valence-corrected chi connectivity index (χ2v) is 4.27. The summed E-state index contributed by atoms with van der Waals surface area (Å²) >= 11 is 0. The Hall–Kier alpha value is -1.69. The van der Waals surface area contributed by atoms with Gasteiger partial charge in [0.15, 0.2) is 0 Å². The van der Waals surface area contributed by atoms with Crippen LogP contribution in [0.15, 0.2) is 12.1 Å². The predicted molar refractivity (Wildman–Crippen MR) is 68.9 cm³/mol. The third-order valence-corrected chi connectivity index (χ3v) is 2.59. The van der Waals surface area contributed by atoms with Gasteiger partial charge in [-0.3, -0.25) is 4.79 Å². The van der Waals surface area contributed by atoms with Gasteiger partial charge in [-0.05, 0) is 24.1 Å². The normalized spacial score (nSPS) is 10.4. The molecule has 0 radical (unpaired) electrons. The first-order chi connectivity index (χ1) is 8.99. The van der Waals surface area contributed by atoms with E-state index in [1.165, 1.54) is 11.9 Å². The lowest BCUT2D eigenvalue weighted by Crippen LogP contribution is -2.36. The van der Waals surface area contributed by atoms with E-state index in [1.54, 1.807) is 0 Å². The van der Waals surface area contributed by atoms with E-state index in [2.05, 4.69) is 5.32 Å². The predicted octanol–water partition coefficient (Wildman–Crippen LogP) is 1.42. The number of carbonyl (C=O) groups excluding carboxylic acids is 1. The molecule has 0 saturated heterocycles. The average molecular weight is 272 g/mol. The van der Waals surface area contributed by atoms with Gasteiger partial charge < -0.3 is 15.3 Å². The molecule has 4 nitrogen and oxygen atoms in total. The minimum atomic E-state index is -0.796. The summed E-state index contributed by atoms with van der Waals surface area (Å²) in [5.74, 6) is -1.89. The molecule has 0 unspecified atom stereocenters. The van der Waals surface area contributed by atoms with E-state index < -0.39 is 18.2 Å². The zero-order chi connectivity index (χ0) is 14.4. The summed E-state index contributed by atoms with van der Waals surface area (Å²) in [4.78, 5) is 12.7. The molecular formula is C13H18F2N2O2. The Morgan fingerprint density at radius 3 is 2.42 bits per heavy atom. The topological polar surface area (TPSA) is 52.6 Å². The molecule has 1 aromatic carbocycles. The maximum atomic E-state index is 13.7. The maximum Gasteiger partial charge on any atom is 0.239 e. The molecule has 1 aromatic rings. The van der Waals surface area contributed by atoms with Crippen LogP contribution < -0.4 is 10.2 Å². The van der Waals surface area contributed by atoms with Crippen molar-refractivity contribution in [2.24, 2.45) is 0 Å². The maximum absolute atomic E-state index is 13.7. The zero-order valence-corrected chi connectivity index (χ0v) is 11.0. The van der Waals surface area contributed by atoms with E-state index in [1.807, 2.05) is 6.92 Å². The van der Waals surface area contributed by atoms with Gasteiger partial charge in [0.1, 0.15) is 17.3 Å². The molecule has 0 aliphatic heterocycles. The Labute approximate surface area is 111 Å². The molecule has 0 aliphatic rings. The van der Waals surface area contributed by atoms with Crippen LogP contribution >= 0.6 is 0 Å². The third kappa shape index (κ3) is 4.17. The first-order valence-electron chi connectivity index (χ1n) is 6.06. The molecular weight excluding hydrogens is 254 g/mol. The molecule has 19 heavy (non-hydrogen) atoms. The van der Waals surface area contributed by atoms with Crippen molar-refractivity contribution in [1.29, 1.82) is 0 Å². The summed E-state index contributed by atoms with van der Waals surface area (Å²) in [6, 6.07) is 2.11. The first kappa shape index (κ1) is 15.4. The number of aliphatic hydroxyl groups is 1. The number of aliphatic hydroxyl groups excluding tert-OH is 1. The smallest absolute Gasteiger partial charge is 0.239 e. The fourth-order valence-corrected chi connectivity index (χ4v) is 1.69. The highest BCUT2D eigenvalue weighted by atomic mass is 19.1. The summed E-state index contributed by atoms with van der Waals surface area (Å²) < 4.78 is 27.5. The van der Waals surface area contributed by atoms with Crippen molar-refractivity contribution < 1.29 is 18.7 Å². The van der Waals surface area contributed by atoms with E-state index in [0.29, 0.717) is 6.54 Å². The van der Waals surface area contributed by atoms with Gasteiger partial charge >= 0.3 is 0 Å². The SMILES string of the molecule is CCCNC(=O)CN(C)c1c(F)cc(CO)cc1F. The van der Waals surface area contributed by atoms with Crippen LogP contribution in [0.5, 0.6) is 0 Å². The largest absolute Gasteiger partial charge is 0.392 e. The molecule has 0 fully saturated rings. The fraction of sp³-hybridized carbons (Fsp3) is 0.462. The second-order valence-electron chi connectivity index (χ2n) is 4.27. The molecule has 1 amide bonds. The average Bonchev–Trinajstić information content (AvgIpc) is 2.35. The Balaban J connectivity index is 2.82. The Morgan fingerprint density at radius 2 is 1.95 bits per heavy atom. The molecule has 2 N–H and O–H groups in total. The molecule has 0 bridgehead atoms. The van der Waals surface area contributed by atoms with Crippen LogP contribution in [0.3, 0.4) is 0 Å². The molecule has 0 aromatic heterocycles. The van der Waals surface area contributed by atoms with Crippen molar-refractivity contribution >= 4 is 11.6 Å². The van der Waals surface area contributed by atoms with Gasteiger partial charge in [-0.15, -0.1) is 0 Å². The van der Waals surface area contributed by atoms with Crippen LogP contribution in [0.4, 0.5) is 14.5 Å². The van der Waals surface area contributed by atoms with Crippen LogP contribution in [0, 0.1) is 11.6 Å². The number of carbonyl (C=O) groups is 1. The summed E-state index contributed by atoms with van der Waals surface area (Å²) in [7, 11) is 1.44. The number of hydrogen-bond donors (Lipinski definition) is 2. The molecule has 0 spiro atoms. The Kier molecular flexibility index (Phi) is 5.69. The lowest BCUT2D eigenvalue weighted by Gasteiger charge is -2.20. The number of nitrogens with zero attached hydrogens (tertiary/aromatic N) is 1. The van der Waals surface area contributed by atoms with Crippen LogP contribution in [-0.4, -0.2) is 31.2 Å². The standard InChI is InChI=1S/C13H18F2N2O2/c1-3-4-16-12(19)7-17(2)13-10(14)5-9(8-18)6-11(13)15/h5-6,18H,3-4,7-8H2,1-2H3,(H,16,19). The number of halogens is 2. The van der Waals surface area contributed by atoms with Crippen molar-refractivity contribution in [2.75, 3.05) is 25.0 Å². The number of anilines is 1. The molecule has 6 heteroatoms. The van der Waals surface area contributed by atoms with Crippen molar-refractivity contribution in [1.82, 2.24) is 5.32 Å². The van der Waals surface area contributed by atoms with Gasteiger partial charge in [0, 0.05) is 13.6 Å². The van der Waals surface area contributed by atoms with Crippen molar-refractivity contribution in [3.05, 3.63) is 29.3 Å². The number of likely N-dealkylation sites (N-methyl/N-ethyl adjacent to an activating group) is 1. The first-order valence-corrected chi connectivity index (χ1v) is 6.06. The van der Waals surface area contributed by atoms with Gasteiger partial charge in [-0.2, -0.15) is 0 Å². The highest BCUT2D eigenvalue weighted by molar-refractivity contribution is 5.81. The van der Waals surface area contributed by atoms with Crippen LogP contribution in [0.1, 0.15) is 18.9 Å². The van der Waals surface area contributed by atoms with E-state index in [-0.39, 0.29) is 23.7 Å². The van der Waals surface area contributed by atoms with Gasteiger partial charge in [0.25, 0.3) is 0 Å². The summed E-state index contributed by atoms with van der Waals surface area (Å²) in [5, 5.41) is 11.5. The van der Waals surface area contributed by atoms with Crippen molar-refractivity contribution in [2.45, 2.75) is 20.0 Å². The van der Waals surface area contributed by atoms with Gasteiger partial charge in [0.2, 0.25) is 5.91 Å². The van der Waals surface area contributed by atoms with Crippen molar-refractivity contribution in [3.63, 3.8) is 0 Å². The molecule has 0 heterocycles. The summed E-state index contributed by atoms with van der Waals surface area (Å²) in [5.41, 5.74) is -0.119.